The number of pyridine rings is 1. The molecule has 2 aromatic heterocycles. The molecule has 1 aliphatic rings. The average Bonchev–Trinajstić information content (AvgIpc) is 2.90. The van der Waals surface area contributed by atoms with E-state index in [4.69, 9.17) is 0 Å². The van der Waals surface area contributed by atoms with E-state index in [1.807, 2.05) is 36.4 Å². The third-order valence-corrected chi connectivity index (χ3v) is 4.80. The van der Waals surface area contributed by atoms with Gasteiger partial charge in [0.2, 0.25) is 0 Å². The van der Waals surface area contributed by atoms with Gasteiger partial charge in [-0.3, -0.25) is 9.78 Å². The van der Waals surface area contributed by atoms with Crippen LogP contribution in [-0.4, -0.2) is 33.9 Å². The van der Waals surface area contributed by atoms with E-state index in [0.717, 1.165) is 35.6 Å². The molecule has 1 saturated heterocycles. The average molecular weight is 349 g/mol. The molecule has 0 aliphatic carbocycles. The number of hydrogen-bond acceptors (Lipinski definition) is 4. The second kappa shape index (κ2) is 7.56. The number of carbonyl (C=O) groups excluding carboxylic acids is 1. The molecule has 0 spiro atoms. The molecule has 134 valence electrons. The summed E-state index contributed by atoms with van der Waals surface area (Å²) in [5.41, 5.74) is 3.40. The van der Waals surface area contributed by atoms with Crippen molar-refractivity contribution in [2.75, 3.05) is 18.0 Å². The predicted octanol–water partition coefficient (Wildman–Crippen LogP) is 3.27. The van der Waals surface area contributed by atoms with Crippen molar-refractivity contribution in [2.24, 2.45) is 0 Å². The van der Waals surface area contributed by atoms with E-state index in [1.54, 1.807) is 6.20 Å². The Morgan fingerprint density at radius 2 is 1.92 bits per heavy atom. The summed E-state index contributed by atoms with van der Waals surface area (Å²) >= 11 is 0. The number of aromatic amines is 1. The van der Waals surface area contributed by atoms with Gasteiger partial charge in [-0.15, -0.1) is 0 Å². The number of nitrogens with one attached hydrogen (secondary N) is 2. The highest BCUT2D eigenvalue weighted by atomic mass is 16.1. The highest BCUT2D eigenvalue weighted by molar-refractivity contribution is 5.93. The maximum atomic E-state index is 12.5. The molecular weight excluding hydrogens is 326 g/mol. The van der Waals surface area contributed by atoms with Crippen molar-refractivity contribution in [1.29, 1.82) is 0 Å². The Bertz CT molecular complexity index is 863. The molecule has 0 bridgehead atoms. The van der Waals surface area contributed by atoms with E-state index >= 15 is 0 Å². The Morgan fingerprint density at radius 1 is 1.12 bits per heavy atom. The number of imidazole rings is 1. The Hall–Kier alpha value is -2.89. The number of aromatic nitrogens is 3. The lowest BCUT2D eigenvalue weighted by Gasteiger charge is -2.22. The van der Waals surface area contributed by atoms with Crippen LogP contribution in [0.25, 0.3) is 11.0 Å². The van der Waals surface area contributed by atoms with Crippen molar-refractivity contribution in [3.05, 3.63) is 54.1 Å². The number of rotatable bonds is 4. The van der Waals surface area contributed by atoms with Crippen LogP contribution in [0.5, 0.6) is 0 Å². The largest absolute Gasteiger partial charge is 0.371 e. The summed E-state index contributed by atoms with van der Waals surface area (Å²) in [6.07, 6.45) is 6.70. The lowest BCUT2D eigenvalue weighted by Crippen LogP contribution is -2.26. The van der Waals surface area contributed by atoms with Gasteiger partial charge in [-0.05, 0) is 37.1 Å². The minimum atomic E-state index is -0.179. The number of amides is 1. The summed E-state index contributed by atoms with van der Waals surface area (Å²) < 4.78 is 0. The highest BCUT2D eigenvalue weighted by Gasteiger charge is 2.14. The molecule has 0 radical (unpaired) electrons. The van der Waals surface area contributed by atoms with Gasteiger partial charge in [0.15, 0.2) is 0 Å². The first-order chi connectivity index (χ1) is 12.8. The van der Waals surface area contributed by atoms with Crippen LogP contribution in [0.1, 0.15) is 42.0 Å². The third-order valence-electron chi connectivity index (χ3n) is 4.80. The molecule has 1 amide bonds. The SMILES string of the molecule is O=C(NCc1nc2ccccc2[nH]1)c1cc(N2CCCCCC2)ccn1. The number of fused-ring (bicyclic) bond motifs is 1. The first kappa shape index (κ1) is 16.6. The number of para-hydroxylation sites is 2. The normalized spacial score (nSPS) is 15.0. The van der Waals surface area contributed by atoms with Crippen molar-refractivity contribution in [1.82, 2.24) is 20.3 Å². The molecule has 1 aliphatic heterocycles. The molecule has 1 aromatic carbocycles. The van der Waals surface area contributed by atoms with E-state index < -0.39 is 0 Å². The van der Waals surface area contributed by atoms with Crippen molar-refractivity contribution < 1.29 is 4.79 Å². The zero-order chi connectivity index (χ0) is 17.8. The number of anilines is 1. The zero-order valence-corrected chi connectivity index (χ0v) is 14.7. The molecule has 26 heavy (non-hydrogen) atoms. The molecule has 2 N–H and O–H groups in total. The molecular formula is C20H23N5O. The summed E-state index contributed by atoms with van der Waals surface area (Å²) in [4.78, 5) is 26.8. The maximum absolute atomic E-state index is 12.5. The van der Waals surface area contributed by atoms with Crippen LogP contribution in [0.15, 0.2) is 42.6 Å². The molecule has 6 heteroatoms. The maximum Gasteiger partial charge on any atom is 0.270 e. The van der Waals surface area contributed by atoms with Crippen LogP contribution in [0.3, 0.4) is 0 Å². The van der Waals surface area contributed by atoms with Crippen LogP contribution in [0.4, 0.5) is 5.69 Å². The van der Waals surface area contributed by atoms with Crippen LogP contribution in [-0.2, 0) is 6.54 Å². The summed E-state index contributed by atoms with van der Waals surface area (Å²) in [6, 6.07) is 11.7. The molecule has 0 unspecified atom stereocenters. The number of hydrogen-bond donors (Lipinski definition) is 2. The number of nitrogens with zero attached hydrogens (tertiary/aromatic N) is 3. The van der Waals surface area contributed by atoms with Gasteiger partial charge < -0.3 is 15.2 Å². The van der Waals surface area contributed by atoms with Gasteiger partial charge >= 0.3 is 0 Å². The molecule has 3 heterocycles. The second-order valence-corrected chi connectivity index (χ2v) is 6.68. The van der Waals surface area contributed by atoms with E-state index in [9.17, 15) is 4.79 Å². The first-order valence-corrected chi connectivity index (χ1v) is 9.22. The fraction of sp³-hybridized carbons (Fsp3) is 0.350. The summed E-state index contributed by atoms with van der Waals surface area (Å²) in [5.74, 6) is 0.561. The molecule has 4 rings (SSSR count). The molecule has 6 nitrogen and oxygen atoms in total. The van der Waals surface area contributed by atoms with Crippen LogP contribution < -0.4 is 10.2 Å². The van der Waals surface area contributed by atoms with Crippen LogP contribution in [0.2, 0.25) is 0 Å². The summed E-state index contributed by atoms with van der Waals surface area (Å²) in [5, 5.41) is 2.90. The number of H-pyrrole nitrogens is 1. The van der Waals surface area contributed by atoms with Crippen molar-refractivity contribution in [3.63, 3.8) is 0 Å². The minimum Gasteiger partial charge on any atom is -0.371 e. The second-order valence-electron chi connectivity index (χ2n) is 6.68. The topological polar surface area (TPSA) is 73.9 Å². The van der Waals surface area contributed by atoms with Gasteiger partial charge in [0.05, 0.1) is 17.6 Å². The monoisotopic (exact) mass is 349 g/mol. The fourth-order valence-corrected chi connectivity index (χ4v) is 3.41. The Balaban J connectivity index is 1.43. The van der Waals surface area contributed by atoms with E-state index in [1.165, 1.54) is 25.7 Å². The van der Waals surface area contributed by atoms with E-state index in [0.29, 0.717) is 12.2 Å². The van der Waals surface area contributed by atoms with Gasteiger partial charge in [-0.2, -0.15) is 0 Å². The Kier molecular flexibility index (Phi) is 4.82. The Morgan fingerprint density at radius 3 is 2.73 bits per heavy atom. The predicted molar refractivity (Wildman–Crippen MR) is 102 cm³/mol. The Labute approximate surface area is 152 Å². The van der Waals surface area contributed by atoms with Crippen LogP contribution >= 0.6 is 0 Å². The van der Waals surface area contributed by atoms with Gasteiger partial charge in [0, 0.05) is 25.0 Å². The van der Waals surface area contributed by atoms with Crippen molar-refractivity contribution in [3.8, 4) is 0 Å². The lowest BCUT2D eigenvalue weighted by atomic mass is 10.2. The van der Waals surface area contributed by atoms with Gasteiger partial charge in [-0.1, -0.05) is 25.0 Å². The molecule has 3 aromatic rings. The molecule has 0 atom stereocenters. The molecule has 1 fully saturated rings. The fourth-order valence-electron chi connectivity index (χ4n) is 3.41. The highest BCUT2D eigenvalue weighted by Crippen LogP contribution is 2.19. The van der Waals surface area contributed by atoms with Crippen molar-refractivity contribution >= 4 is 22.6 Å². The summed E-state index contributed by atoms with van der Waals surface area (Å²) in [7, 11) is 0. The zero-order valence-electron chi connectivity index (χ0n) is 14.7. The minimum absolute atomic E-state index is 0.179. The van der Waals surface area contributed by atoms with E-state index in [-0.39, 0.29) is 5.91 Å². The first-order valence-electron chi connectivity index (χ1n) is 9.22. The quantitative estimate of drug-likeness (QED) is 0.758. The van der Waals surface area contributed by atoms with Crippen LogP contribution in [0, 0.1) is 0 Å². The van der Waals surface area contributed by atoms with E-state index in [2.05, 4.69) is 25.2 Å². The number of carbonyl (C=O) groups is 1. The summed E-state index contributed by atoms with van der Waals surface area (Å²) in [6.45, 7) is 2.44. The third kappa shape index (κ3) is 3.69. The standard InChI is InChI=1S/C20H23N5O/c26-20(22-14-19-23-16-7-3-4-8-17(16)24-19)18-13-15(9-10-21-18)25-11-5-1-2-6-12-25/h3-4,7-10,13H,1-2,5-6,11-12,14H2,(H,22,26)(H,23,24). The van der Waals surface area contributed by atoms with Crippen molar-refractivity contribution in [2.45, 2.75) is 32.2 Å². The molecule has 0 saturated carbocycles. The number of benzene rings is 1. The smallest absolute Gasteiger partial charge is 0.270 e. The van der Waals surface area contributed by atoms with Gasteiger partial charge in [0.25, 0.3) is 5.91 Å². The lowest BCUT2D eigenvalue weighted by molar-refractivity contribution is 0.0945. The van der Waals surface area contributed by atoms with Gasteiger partial charge in [-0.25, -0.2) is 4.98 Å². The van der Waals surface area contributed by atoms with Gasteiger partial charge in [0.1, 0.15) is 11.5 Å².